The second-order valence-electron chi connectivity index (χ2n) is 4.54. The van der Waals surface area contributed by atoms with E-state index in [2.05, 4.69) is 24.4 Å². The van der Waals surface area contributed by atoms with Gasteiger partial charge < -0.3 is 15.2 Å². The highest BCUT2D eigenvalue weighted by Gasteiger charge is 2.09. The lowest BCUT2D eigenvalue weighted by Crippen LogP contribution is -2.38. The van der Waals surface area contributed by atoms with Crippen LogP contribution in [0.5, 0.6) is 0 Å². The monoisotopic (exact) mass is 237 g/mol. The van der Waals surface area contributed by atoms with Gasteiger partial charge in [-0.15, -0.1) is 0 Å². The van der Waals surface area contributed by atoms with E-state index >= 15 is 0 Å². The number of hydrogen-bond acceptors (Lipinski definition) is 3. The normalized spacial score (nSPS) is 14.5. The Morgan fingerprint density at radius 2 is 2.00 bits per heavy atom. The maximum absolute atomic E-state index is 9.34. The molecule has 1 unspecified atom stereocenters. The van der Waals surface area contributed by atoms with Crippen molar-refractivity contribution in [2.24, 2.45) is 5.92 Å². The van der Waals surface area contributed by atoms with Crippen LogP contribution in [-0.4, -0.2) is 38.0 Å². The highest BCUT2D eigenvalue weighted by Crippen LogP contribution is 2.03. The Bertz CT molecular complexity index is 290. The first-order valence-corrected chi connectivity index (χ1v) is 6.13. The van der Waals surface area contributed by atoms with E-state index in [-0.39, 0.29) is 12.6 Å². The van der Waals surface area contributed by atoms with Crippen LogP contribution in [-0.2, 0) is 11.2 Å². The predicted octanol–water partition coefficient (Wildman–Crippen LogP) is 1.46. The lowest BCUT2D eigenvalue weighted by atomic mass is 10.1. The third-order valence-electron chi connectivity index (χ3n) is 2.75. The maximum Gasteiger partial charge on any atom is 0.0587 e. The second-order valence-corrected chi connectivity index (χ2v) is 4.54. The molecule has 1 aromatic carbocycles. The van der Waals surface area contributed by atoms with E-state index in [0.29, 0.717) is 5.92 Å². The molecule has 0 saturated heterocycles. The van der Waals surface area contributed by atoms with Crippen LogP contribution >= 0.6 is 0 Å². The van der Waals surface area contributed by atoms with Crippen molar-refractivity contribution in [1.82, 2.24) is 5.32 Å². The summed E-state index contributed by atoms with van der Waals surface area (Å²) >= 11 is 0. The van der Waals surface area contributed by atoms with E-state index in [1.807, 2.05) is 18.2 Å². The predicted molar refractivity (Wildman–Crippen MR) is 70.1 cm³/mol. The van der Waals surface area contributed by atoms with Crippen molar-refractivity contribution in [3.63, 3.8) is 0 Å². The molecule has 0 amide bonds. The molecule has 0 saturated carbocycles. The third kappa shape index (κ3) is 5.82. The number of aliphatic hydroxyl groups is 1. The minimum absolute atomic E-state index is 0.122. The Morgan fingerprint density at radius 1 is 1.29 bits per heavy atom. The van der Waals surface area contributed by atoms with Crippen LogP contribution in [0.25, 0.3) is 0 Å². The molecule has 0 heterocycles. The zero-order valence-corrected chi connectivity index (χ0v) is 10.7. The van der Waals surface area contributed by atoms with Crippen molar-refractivity contribution in [2.45, 2.75) is 19.4 Å². The number of nitrogens with one attached hydrogen (secondary N) is 1. The van der Waals surface area contributed by atoms with Crippen molar-refractivity contribution in [2.75, 3.05) is 26.9 Å². The molecule has 3 heteroatoms. The van der Waals surface area contributed by atoms with Crippen LogP contribution in [0.2, 0.25) is 0 Å². The van der Waals surface area contributed by atoms with Gasteiger partial charge in [0.05, 0.1) is 6.61 Å². The molecular formula is C14H23NO2. The number of ether oxygens (including phenoxy) is 1. The van der Waals surface area contributed by atoms with Gasteiger partial charge in [0.25, 0.3) is 0 Å². The van der Waals surface area contributed by atoms with E-state index in [0.717, 1.165) is 19.6 Å². The van der Waals surface area contributed by atoms with Gasteiger partial charge in [-0.3, -0.25) is 0 Å². The first-order chi connectivity index (χ1) is 8.26. The van der Waals surface area contributed by atoms with Gasteiger partial charge in [-0.25, -0.2) is 0 Å². The Kier molecular flexibility index (Phi) is 6.86. The molecule has 0 aromatic heterocycles. The Morgan fingerprint density at radius 3 is 2.59 bits per heavy atom. The summed E-state index contributed by atoms with van der Waals surface area (Å²) in [6.07, 6.45) is 0.858. The molecule has 3 nitrogen and oxygen atoms in total. The Balaban J connectivity index is 2.34. The number of hydrogen-bond donors (Lipinski definition) is 2. The Labute approximate surface area is 104 Å². The summed E-state index contributed by atoms with van der Waals surface area (Å²) in [5, 5.41) is 12.7. The molecule has 0 aliphatic rings. The molecule has 0 aliphatic heterocycles. The van der Waals surface area contributed by atoms with Crippen LogP contribution in [0.3, 0.4) is 0 Å². The fourth-order valence-electron chi connectivity index (χ4n) is 1.81. The first kappa shape index (κ1) is 14.2. The fraction of sp³-hybridized carbons (Fsp3) is 0.571. The zero-order valence-electron chi connectivity index (χ0n) is 10.7. The fourth-order valence-corrected chi connectivity index (χ4v) is 1.81. The number of methoxy groups -OCH3 is 1. The van der Waals surface area contributed by atoms with Crippen molar-refractivity contribution < 1.29 is 9.84 Å². The smallest absolute Gasteiger partial charge is 0.0587 e. The van der Waals surface area contributed by atoms with Gasteiger partial charge in [0, 0.05) is 26.3 Å². The van der Waals surface area contributed by atoms with E-state index < -0.39 is 0 Å². The van der Waals surface area contributed by atoms with Crippen LogP contribution in [0.1, 0.15) is 12.5 Å². The van der Waals surface area contributed by atoms with E-state index in [9.17, 15) is 5.11 Å². The highest BCUT2D eigenvalue weighted by molar-refractivity contribution is 5.15. The van der Waals surface area contributed by atoms with Gasteiger partial charge in [-0.05, 0) is 17.9 Å². The lowest BCUT2D eigenvalue weighted by Gasteiger charge is -2.19. The maximum atomic E-state index is 9.34. The summed E-state index contributed by atoms with van der Waals surface area (Å²) in [6.45, 7) is 3.91. The molecule has 2 atom stereocenters. The topological polar surface area (TPSA) is 41.5 Å². The minimum atomic E-state index is 0.122. The van der Waals surface area contributed by atoms with Crippen LogP contribution < -0.4 is 5.32 Å². The largest absolute Gasteiger partial charge is 0.395 e. The van der Waals surface area contributed by atoms with Crippen LogP contribution in [0.15, 0.2) is 30.3 Å². The van der Waals surface area contributed by atoms with Crippen molar-refractivity contribution >= 4 is 0 Å². The van der Waals surface area contributed by atoms with Crippen molar-refractivity contribution in [3.8, 4) is 0 Å². The summed E-state index contributed by atoms with van der Waals surface area (Å²) in [7, 11) is 1.71. The molecule has 1 rings (SSSR count). The SMILES string of the molecule is COCC(C)CN[C@@H](CO)Cc1ccccc1. The number of aliphatic hydroxyl groups excluding tert-OH is 1. The van der Waals surface area contributed by atoms with E-state index in [1.54, 1.807) is 7.11 Å². The number of rotatable bonds is 8. The molecule has 0 aliphatic carbocycles. The average Bonchev–Trinajstić information content (AvgIpc) is 2.36. The Hall–Kier alpha value is -0.900. The van der Waals surface area contributed by atoms with E-state index in [1.165, 1.54) is 5.56 Å². The molecule has 0 bridgehead atoms. The van der Waals surface area contributed by atoms with Gasteiger partial charge in [0.1, 0.15) is 0 Å². The molecule has 96 valence electrons. The minimum Gasteiger partial charge on any atom is -0.395 e. The van der Waals surface area contributed by atoms with Gasteiger partial charge >= 0.3 is 0 Å². The molecule has 2 N–H and O–H groups in total. The molecule has 0 fully saturated rings. The van der Waals surface area contributed by atoms with Gasteiger partial charge in [0.15, 0.2) is 0 Å². The van der Waals surface area contributed by atoms with E-state index in [4.69, 9.17) is 4.74 Å². The van der Waals surface area contributed by atoms with Crippen molar-refractivity contribution in [3.05, 3.63) is 35.9 Å². The van der Waals surface area contributed by atoms with Gasteiger partial charge in [-0.1, -0.05) is 37.3 Å². The summed E-state index contributed by atoms with van der Waals surface area (Å²) in [4.78, 5) is 0. The standard InChI is InChI=1S/C14H23NO2/c1-12(11-17-2)9-15-14(10-16)8-13-6-4-3-5-7-13/h3-7,12,14-16H,8-11H2,1-2H3/t12?,14-/m1/s1. The molecule has 0 radical (unpaired) electrons. The van der Waals surface area contributed by atoms with Gasteiger partial charge in [0.2, 0.25) is 0 Å². The summed E-state index contributed by atoms with van der Waals surface area (Å²) in [5.41, 5.74) is 1.25. The van der Waals surface area contributed by atoms with Crippen LogP contribution in [0.4, 0.5) is 0 Å². The highest BCUT2D eigenvalue weighted by atomic mass is 16.5. The average molecular weight is 237 g/mol. The molecular weight excluding hydrogens is 214 g/mol. The van der Waals surface area contributed by atoms with Crippen LogP contribution in [0, 0.1) is 5.92 Å². The second kappa shape index (κ2) is 8.23. The molecule has 0 spiro atoms. The summed E-state index contributed by atoms with van der Waals surface area (Å²) < 4.78 is 5.09. The summed E-state index contributed by atoms with van der Waals surface area (Å²) in [5.74, 6) is 0.463. The summed E-state index contributed by atoms with van der Waals surface area (Å²) in [6, 6.07) is 10.4. The van der Waals surface area contributed by atoms with Gasteiger partial charge in [-0.2, -0.15) is 0 Å². The molecule has 17 heavy (non-hydrogen) atoms. The number of benzene rings is 1. The first-order valence-electron chi connectivity index (χ1n) is 6.13. The lowest BCUT2D eigenvalue weighted by molar-refractivity contribution is 0.152. The zero-order chi connectivity index (χ0) is 12.5. The quantitative estimate of drug-likeness (QED) is 0.719. The molecule has 1 aromatic rings. The van der Waals surface area contributed by atoms with Crippen molar-refractivity contribution in [1.29, 1.82) is 0 Å². The third-order valence-corrected chi connectivity index (χ3v) is 2.75.